The molecule has 6 nitrogen and oxygen atoms in total. The molecule has 0 unspecified atom stereocenters. The predicted molar refractivity (Wildman–Crippen MR) is 96.1 cm³/mol. The fourth-order valence-corrected chi connectivity index (χ4v) is 2.68. The van der Waals surface area contributed by atoms with Gasteiger partial charge in [-0.05, 0) is 31.5 Å². The molecule has 1 aromatic carbocycles. The first-order valence-corrected chi connectivity index (χ1v) is 8.41. The lowest BCUT2D eigenvalue weighted by atomic mass is 10.2. The molecule has 1 N–H and O–H groups in total. The minimum atomic E-state index is -0.305. The van der Waals surface area contributed by atoms with E-state index in [1.165, 1.54) is 0 Å². The minimum absolute atomic E-state index is 0.265. The summed E-state index contributed by atoms with van der Waals surface area (Å²) in [5, 5.41) is 11.9. The van der Waals surface area contributed by atoms with Crippen molar-refractivity contribution in [3.8, 4) is 0 Å². The Hall–Kier alpha value is -2.60. The molecule has 0 spiro atoms. The molecule has 2 heterocycles. The fourth-order valence-electron chi connectivity index (χ4n) is 2.56. The van der Waals surface area contributed by atoms with E-state index in [9.17, 15) is 4.79 Å². The van der Waals surface area contributed by atoms with Gasteiger partial charge in [0.2, 0.25) is 0 Å². The van der Waals surface area contributed by atoms with Crippen LogP contribution < -0.4 is 5.32 Å². The Morgan fingerprint density at radius 1 is 1.28 bits per heavy atom. The summed E-state index contributed by atoms with van der Waals surface area (Å²) in [4.78, 5) is 12.4. The standard InChI is InChI=1S/C18H19ClN4O2/c1-4-15-9-16(22-25-15)18(24)20-17-11(2)21-23(12(17)3)10-13-5-7-14(19)8-6-13/h5-9H,4,10H2,1-3H3,(H,20,24). The second kappa shape index (κ2) is 7.11. The zero-order chi connectivity index (χ0) is 18.0. The number of carbonyl (C=O) groups is 1. The van der Waals surface area contributed by atoms with Gasteiger partial charge in [0.1, 0.15) is 5.76 Å². The van der Waals surface area contributed by atoms with Crippen molar-refractivity contribution in [1.82, 2.24) is 14.9 Å². The van der Waals surface area contributed by atoms with Crippen molar-refractivity contribution >= 4 is 23.2 Å². The summed E-state index contributed by atoms with van der Waals surface area (Å²) < 4.78 is 6.94. The summed E-state index contributed by atoms with van der Waals surface area (Å²) in [6.45, 7) is 6.33. The van der Waals surface area contributed by atoms with Crippen LogP contribution in [0.5, 0.6) is 0 Å². The Morgan fingerprint density at radius 3 is 2.64 bits per heavy atom. The van der Waals surface area contributed by atoms with Gasteiger partial charge in [-0.15, -0.1) is 0 Å². The highest BCUT2D eigenvalue weighted by Gasteiger charge is 2.18. The maximum absolute atomic E-state index is 12.4. The lowest BCUT2D eigenvalue weighted by Gasteiger charge is -2.06. The molecule has 0 saturated heterocycles. The lowest BCUT2D eigenvalue weighted by molar-refractivity contribution is 0.101. The van der Waals surface area contributed by atoms with Crippen LogP contribution >= 0.6 is 11.6 Å². The molecule has 0 atom stereocenters. The fraction of sp³-hybridized carbons (Fsp3) is 0.278. The molecule has 0 bridgehead atoms. The first-order chi connectivity index (χ1) is 12.0. The number of aromatic nitrogens is 3. The smallest absolute Gasteiger partial charge is 0.277 e. The van der Waals surface area contributed by atoms with Crippen LogP contribution in [-0.2, 0) is 13.0 Å². The van der Waals surface area contributed by atoms with E-state index in [2.05, 4.69) is 15.6 Å². The molecular weight excluding hydrogens is 340 g/mol. The first kappa shape index (κ1) is 17.2. The zero-order valence-electron chi connectivity index (χ0n) is 14.3. The van der Waals surface area contributed by atoms with Crippen molar-refractivity contribution in [2.24, 2.45) is 0 Å². The molecule has 3 rings (SSSR count). The Morgan fingerprint density at radius 2 is 2.00 bits per heavy atom. The second-order valence-corrected chi connectivity index (χ2v) is 6.25. The molecule has 130 valence electrons. The number of nitrogens with zero attached hydrogens (tertiary/aromatic N) is 3. The summed E-state index contributed by atoms with van der Waals surface area (Å²) in [5.74, 6) is 0.373. The molecule has 0 radical (unpaired) electrons. The Kier molecular flexibility index (Phi) is 4.90. The average Bonchev–Trinajstić information content (AvgIpc) is 3.18. The van der Waals surface area contributed by atoms with Gasteiger partial charge in [0, 0.05) is 17.5 Å². The molecule has 7 heteroatoms. The van der Waals surface area contributed by atoms with E-state index in [1.54, 1.807) is 6.07 Å². The number of anilines is 1. The number of carbonyl (C=O) groups excluding carboxylic acids is 1. The number of nitrogens with one attached hydrogen (secondary N) is 1. The van der Waals surface area contributed by atoms with Crippen LogP contribution in [0.3, 0.4) is 0 Å². The van der Waals surface area contributed by atoms with Crippen LogP contribution in [0.15, 0.2) is 34.9 Å². The van der Waals surface area contributed by atoms with Gasteiger partial charge >= 0.3 is 0 Å². The maximum atomic E-state index is 12.4. The van der Waals surface area contributed by atoms with Gasteiger partial charge in [0.05, 0.1) is 23.6 Å². The molecule has 0 saturated carbocycles. The van der Waals surface area contributed by atoms with Crippen LogP contribution in [0.2, 0.25) is 5.02 Å². The summed E-state index contributed by atoms with van der Waals surface area (Å²) in [7, 11) is 0. The highest BCUT2D eigenvalue weighted by atomic mass is 35.5. The number of benzene rings is 1. The Balaban J connectivity index is 1.79. The zero-order valence-corrected chi connectivity index (χ0v) is 15.1. The molecule has 25 heavy (non-hydrogen) atoms. The number of hydrogen-bond donors (Lipinski definition) is 1. The van der Waals surface area contributed by atoms with E-state index >= 15 is 0 Å². The lowest BCUT2D eigenvalue weighted by Crippen LogP contribution is -2.13. The van der Waals surface area contributed by atoms with Crippen molar-refractivity contribution in [3.05, 3.63) is 63.8 Å². The van der Waals surface area contributed by atoms with Crippen LogP contribution in [0.1, 0.15) is 40.1 Å². The summed E-state index contributed by atoms with van der Waals surface area (Å²) in [6, 6.07) is 9.26. The monoisotopic (exact) mass is 358 g/mol. The van der Waals surface area contributed by atoms with Gasteiger partial charge < -0.3 is 9.84 Å². The van der Waals surface area contributed by atoms with Gasteiger partial charge in [-0.3, -0.25) is 9.48 Å². The molecule has 3 aromatic rings. The van der Waals surface area contributed by atoms with Crippen molar-refractivity contribution in [3.63, 3.8) is 0 Å². The topological polar surface area (TPSA) is 73.0 Å². The highest BCUT2D eigenvalue weighted by molar-refractivity contribution is 6.30. The van der Waals surface area contributed by atoms with E-state index in [4.69, 9.17) is 16.1 Å². The molecular formula is C18H19ClN4O2. The highest BCUT2D eigenvalue weighted by Crippen LogP contribution is 2.22. The number of rotatable bonds is 5. The molecule has 2 aromatic heterocycles. The number of halogens is 1. The molecule has 1 amide bonds. The van der Waals surface area contributed by atoms with Crippen molar-refractivity contribution in [2.75, 3.05) is 5.32 Å². The molecule has 0 aliphatic carbocycles. The normalized spacial score (nSPS) is 10.9. The third kappa shape index (κ3) is 3.74. The summed E-state index contributed by atoms with van der Waals surface area (Å²) in [6.07, 6.45) is 0.692. The third-order valence-electron chi connectivity index (χ3n) is 4.01. The molecule has 0 aliphatic rings. The van der Waals surface area contributed by atoms with Gasteiger partial charge in [0.25, 0.3) is 5.91 Å². The van der Waals surface area contributed by atoms with E-state index < -0.39 is 0 Å². The number of amides is 1. The van der Waals surface area contributed by atoms with Gasteiger partial charge in [-0.25, -0.2) is 0 Å². The third-order valence-corrected chi connectivity index (χ3v) is 4.26. The van der Waals surface area contributed by atoms with Gasteiger partial charge in [0.15, 0.2) is 5.69 Å². The van der Waals surface area contributed by atoms with Crippen LogP contribution in [0, 0.1) is 13.8 Å². The summed E-state index contributed by atoms with van der Waals surface area (Å²) >= 11 is 5.92. The minimum Gasteiger partial charge on any atom is -0.361 e. The van der Waals surface area contributed by atoms with Gasteiger partial charge in [-0.2, -0.15) is 5.10 Å². The van der Waals surface area contributed by atoms with Crippen LogP contribution in [0.4, 0.5) is 5.69 Å². The largest absolute Gasteiger partial charge is 0.361 e. The van der Waals surface area contributed by atoms with Crippen LogP contribution in [0.25, 0.3) is 0 Å². The number of aryl methyl sites for hydroxylation is 2. The predicted octanol–water partition coefficient (Wildman–Crippen LogP) is 4.00. The van der Waals surface area contributed by atoms with Gasteiger partial charge in [-0.1, -0.05) is 35.8 Å². The van der Waals surface area contributed by atoms with E-state index in [0.29, 0.717) is 29.4 Å². The van der Waals surface area contributed by atoms with Crippen molar-refractivity contribution in [1.29, 1.82) is 0 Å². The first-order valence-electron chi connectivity index (χ1n) is 8.03. The van der Waals surface area contributed by atoms with Crippen molar-refractivity contribution < 1.29 is 9.32 Å². The molecule has 0 fully saturated rings. The van der Waals surface area contributed by atoms with E-state index in [0.717, 1.165) is 17.0 Å². The Labute approximate surface area is 150 Å². The quantitative estimate of drug-likeness (QED) is 0.748. The SMILES string of the molecule is CCc1cc(C(=O)Nc2c(C)nn(Cc3ccc(Cl)cc3)c2C)no1. The van der Waals surface area contributed by atoms with E-state index in [1.807, 2.05) is 49.7 Å². The average molecular weight is 359 g/mol. The van der Waals surface area contributed by atoms with Crippen molar-refractivity contribution in [2.45, 2.75) is 33.7 Å². The number of hydrogen-bond acceptors (Lipinski definition) is 4. The maximum Gasteiger partial charge on any atom is 0.277 e. The molecule has 0 aliphatic heterocycles. The Bertz CT molecular complexity index is 896. The van der Waals surface area contributed by atoms with E-state index in [-0.39, 0.29) is 11.6 Å². The summed E-state index contributed by atoms with van der Waals surface area (Å²) in [5.41, 5.74) is 3.66. The second-order valence-electron chi connectivity index (χ2n) is 5.82. The van der Waals surface area contributed by atoms with Crippen LogP contribution in [-0.4, -0.2) is 20.8 Å².